The van der Waals surface area contributed by atoms with Gasteiger partial charge in [0.15, 0.2) is 5.78 Å². The van der Waals surface area contributed by atoms with Crippen LogP contribution in [0.15, 0.2) is 60.9 Å². The lowest BCUT2D eigenvalue weighted by Crippen LogP contribution is -2.40. The van der Waals surface area contributed by atoms with Crippen LogP contribution >= 0.6 is 0 Å². The number of rotatable bonds is 5. The van der Waals surface area contributed by atoms with Crippen LogP contribution in [0.5, 0.6) is 0 Å². The summed E-state index contributed by atoms with van der Waals surface area (Å²) in [5.74, 6) is 0.552. The molecule has 2 heterocycles. The summed E-state index contributed by atoms with van der Waals surface area (Å²) in [4.78, 5) is 33.1. The molecule has 2 aromatic carbocycles. The van der Waals surface area contributed by atoms with E-state index in [0.717, 1.165) is 0 Å². The highest BCUT2D eigenvalue weighted by Crippen LogP contribution is 2.45. The van der Waals surface area contributed by atoms with Crippen LogP contribution in [-0.4, -0.2) is 35.8 Å². The van der Waals surface area contributed by atoms with E-state index in [1.165, 1.54) is 12.1 Å². The summed E-state index contributed by atoms with van der Waals surface area (Å²) in [5.41, 5.74) is 6.93. The Morgan fingerprint density at radius 2 is 1.97 bits per heavy atom. The van der Waals surface area contributed by atoms with Gasteiger partial charge >= 0.3 is 0 Å². The molecule has 9 nitrogen and oxygen atoms in total. The molecule has 33 heavy (non-hydrogen) atoms. The standard InChI is InChI=1S/C24H21N5O4/c1-24(31)12-16(13-24)23-27-19(20-22(25)26-9-10-28(20)23)15-7-8-17(18(11-15)29(32)33)21(30)14-5-3-2-4-6-14/h2-11,16,31H,12-13H2,1H3,(H2,25,26)/t16-,24-. The summed E-state index contributed by atoms with van der Waals surface area (Å²) in [7, 11) is 0. The lowest BCUT2D eigenvalue weighted by Gasteiger charge is -2.40. The zero-order valence-electron chi connectivity index (χ0n) is 17.8. The van der Waals surface area contributed by atoms with Gasteiger partial charge in [-0.15, -0.1) is 0 Å². The molecular formula is C24H21N5O4. The third-order valence-electron chi connectivity index (χ3n) is 6.10. The van der Waals surface area contributed by atoms with Gasteiger partial charge in [-0.1, -0.05) is 36.4 Å². The summed E-state index contributed by atoms with van der Waals surface area (Å²) < 4.78 is 1.83. The fourth-order valence-electron chi connectivity index (χ4n) is 4.53. The van der Waals surface area contributed by atoms with E-state index in [1.54, 1.807) is 55.7 Å². The Morgan fingerprint density at radius 1 is 1.24 bits per heavy atom. The fraction of sp³-hybridized carbons (Fsp3) is 0.208. The maximum Gasteiger partial charge on any atom is 0.281 e. The summed E-state index contributed by atoms with van der Waals surface area (Å²) in [5, 5.41) is 22.1. The number of nitro groups is 1. The van der Waals surface area contributed by atoms with E-state index >= 15 is 0 Å². The Bertz CT molecular complexity index is 1400. The topological polar surface area (TPSA) is 137 Å². The van der Waals surface area contributed by atoms with Gasteiger partial charge in [-0.05, 0) is 25.8 Å². The maximum atomic E-state index is 12.9. The number of carbonyl (C=O) groups excluding carboxylic acids is 1. The quantitative estimate of drug-likeness (QED) is 0.272. The van der Waals surface area contributed by atoms with Crippen LogP contribution in [0.2, 0.25) is 0 Å². The molecule has 166 valence electrons. The highest BCUT2D eigenvalue weighted by molar-refractivity contribution is 6.11. The number of nitro benzene ring substituents is 1. The molecule has 0 amide bonds. The second kappa shape index (κ2) is 7.49. The van der Waals surface area contributed by atoms with E-state index in [4.69, 9.17) is 10.7 Å². The summed E-state index contributed by atoms with van der Waals surface area (Å²) in [6.07, 6.45) is 4.42. The molecule has 1 aliphatic carbocycles. The smallest absolute Gasteiger partial charge is 0.281 e. The van der Waals surface area contributed by atoms with Gasteiger partial charge in [0.1, 0.15) is 28.4 Å². The minimum absolute atomic E-state index is 0.000162. The van der Waals surface area contributed by atoms with E-state index in [-0.39, 0.29) is 23.0 Å². The van der Waals surface area contributed by atoms with Crippen LogP contribution in [0.3, 0.4) is 0 Å². The molecule has 0 saturated heterocycles. The first-order valence-electron chi connectivity index (χ1n) is 10.5. The van der Waals surface area contributed by atoms with Gasteiger partial charge in [-0.3, -0.25) is 19.3 Å². The second-order valence-electron chi connectivity index (χ2n) is 8.64. The number of anilines is 1. The van der Waals surface area contributed by atoms with Gasteiger partial charge in [-0.2, -0.15) is 0 Å². The zero-order valence-corrected chi connectivity index (χ0v) is 17.8. The monoisotopic (exact) mass is 443 g/mol. The highest BCUT2D eigenvalue weighted by Gasteiger charge is 2.41. The number of nitrogens with two attached hydrogens (primary N) is 1. The SMILES string of the molecule is C[C@]1(O)C[C@H](c2nc(-c3ccc(C(=O)c4ccccc4)c([N+](=O)[O-])c3)c3c(N)nccn32)C1. The Labute approximate surface area is 188 Å². The number of aromatic nitrogens is 3. The third-order valence-corrected chi connectivity index (χ3v) is 6.10. The van der Waals surface area contributed by atoms with Crippen molar-refractivity contribution in [3.8, 4) is 11.3 Å². The lowest BCUT2D eigenvalue weighted by atomic mass is 9.72. The minimum atomic E-state index is -0.743. The van der Waals surface area contributed by atoms with Crippen molar-refractivity contribution in [3.63, 3.8) is 0 Å². The first-order chi connectivity index (χ1) is 15.7. The molecule has 0 atom stereocenters. The van der Waals surface area contributed by atoms with Crippen molar-refractivity contribution in [2.24, 2.45) is 0 Å². The minimum Gasteiger partial charge on any atom is -0.390 e. The maximum absolute atomic E-state index is 12.9. The molecule has 4 aromatic rings. The van der Waals surface area contributed by atoms with Crippen molar-refractivity contribution >= 4 is 22.8 Å². The molecule has 9 heteroatoms. The molecule has 0 radical (unpaired) electrons. The summed E-state index contributed by atoms with van der Waals surface area (Å²) >= 11 is 0. The van der Waals surface area contributed by atoms with E-state index in [2.05, 4.69) is 4.98 Å². The van der Waals surface area contributed by atoms with Gasteiger partial charge in [0.2, 0.25) is 0 Å². The van der Waals surface area contributed by atoms with Crippen molar-refractivity contribution in [1.82, 2.24) is 14.4 Å². The molecule has 0 unspecified atom stereocenters. The molecular weight excluding hydrogens is 422 g/mol. The van der Waals surface area contributed by atoms with Crippen LogP contribution in [0.1, 0.15) is 47.4 Å². The van der Waals surface area contributed by atoms with Crippen LogP contribution < -0.4 is 5.73 Å². The number of fused-ring (bicyclic) bond motifs is 1. The number of nitrogens with zero attached hydrogens (tertiary/aromatic N) is 4. The normalized spacial score (nSPS) is 19.9. The van der Waals surface area contributed by atoms with Gasteiger partial charge in [0, 0.05) is 35.5 Å². The number of imidazole rings is 1. The average Bonchev–Trinajstić information content (AvgIpc) is 3.18. The number of aliphatic hydroxyl groups is 1. The second-order valence-corrected chi connectivity index (χ2v) is 8.64. The molecule has 1 aliphatic rings. The van der Waals surface area contributed by atoms with Crippen LogP contribution in [-0.2, 0) is 0 Å². The largest absolute Gasteiger partial charge is 0.390 e. The number of hydrogen-bond donors (Lipinski definition) is 2. The Morgan fingerprint density at radius 3 is 2.64 bits per heavy atom. The summed E-state index contributed by atoms with van der Waals surface area (Å²) in [6.45, 7) is 1.78. The molecule has 0 spiro atoms. The number of hydrogen-bond acceptors (Lipinski definition) is 7. The van der Waals surface area contributed by atoms with E-state index < -0.39 is 16.3 Å². The van der Waals surface area contributed by atoms with Crippen molar-refractivity contribution in [2.75, 3.05) is 5.73 Å². The average molecular weight is 443 g/mol. The predicted octanol–water partition coefficient (Wildman–Crippen LogP) is 3.75. The van der Waals surface area contributed by atoms with Crippen molar-refractivity contribution in [2.45, 2.75) is 31.3 Å². The van der Waals surface area contributed by atoms with E-state index in [0.29, 0.717) is 41.0 Å². The number of ketones is 1. The van der Waals surface area contributed by atoms with Crippen molar-refractivity contribution in [1.29, 1.82) is 0 Å². The fourth-order valence-corrected chi connectivity index (χ4v) is 4.53. The predicted molar refractivity (Wildman–Crippen MR) is 122 cm³/mol. The molecule has 1 fully saturated rings. The van der Waals surface area contributed by atoms with Gasteiger partial charge in [-0.25, -0.2) is 9.97 Å². The number of benzene rings is 2. The number of nitrogen functional groups attached to an aromatic ring is 1. The molecule has 5 rings (SSSR count). The van der Waals surface area contributed by atoms with Crippen molar-refractivity contribution < 1.29 is 14.8 Å². The first-order valence-corrected chi connectivity index (χ1v) is 10.5. The lowest BCUT2D eigenvalue weighted by molar-refractivity contribution is -0.385. The molecule has 2 aromatic heterocycles. The molecule has 0 aliphatic heterocycles. The van der Waals surface area contributed by atoms with Crippen molar-refractivity contribution in [3.05, 3.63) is 88.0 Å². The number of carbonyl (C=O) groups is 1. The highest BCUT2D eigenvalue weighted by atomic mass is 16.6. The van der Waals surface area contributed by atoms with Gasteiger partial charge < -0.3 is 10.8 Å². The Hall–Kier alpha value is -4.11. The van der Waals surface area contributed by atoms with E-state index in [9.17, 15) is 20.0 Å². The third kappa shape index (κ3) is 3.52. The van der Waals surface area contributed by atoms with Gasteiger partial charge in [0.05, 0.1) is 10.5 Å². The Balaban J connectivity index is 1.64. The van der Waals surface area contributed by atoms with Gasteiger partial charge in [0.25, 0.3) is 5.69 Å². The molecule has 3 N–H and O–H groups in total. The van der Waals surface area contributed by atoms with Crippen LogP contribution in [0.25, 0.3) is 16.8 Å². The first kappa shape index (κ1) is 20.8. The molecule has 1 saturated carbocycles. The summed E-state index contributed by atoms with van der Waals surface area (Å²) in [6, 6.07) is 12.9. The molecule has 0 bridgehead atoms. The Kier molecular flexibility index (Phi) is 4.71. The van der Waals surface area contributed by atoms with Crippen LogP contribution in [0.4, 0.5) is 11.5 Å². The van der Waals surface area contributed by atoms with E-state index in [1.807, 2.05) is 4.40 Å². The van der Waals surface area contributed by atoms with Crippen LogP contribution in [0, 0.1) is 10.1 Å². The zero-order chi connectivity index (χ0) is 23.3.